The number of ether oxygens (including phenoxy) is 2. The molecule has 0 fully saturated rings. The van der Waals surface area contributed by atoms with E-state index < -0.39 is 0 Å². The first-order valence-electron chi connectivity index (χ1n) is 3.70. The van der Waals surface area contributed by atoms with E-state index in [0.717, 1.165) is 0 Å². The highest BCUT2D eigenvalue weighted by atomic mass is 35.5. The molecule has 4 nitrogen and oxygen atoms in total. The van der Waals surface area contributed by atoms with Gasteiger partial charge in [-0.25, -0.2) is 0 Å². The van der Waals surface area contributed by atoms with Gasteiger partial charge in [0.25, 0.3) is 0 Å². The molecule has 0 heterocycles. The van der Waals surface area contributed by atoms with Crippen molar-refractivity contribution in [3.8, 4) is 0 Å². The quantitative estimate of drug-likeness (QED) is 0.460. The van der Waals surface area contributed by atoms with Crippen LogP contribution in [-0.2, 0) is 14.3 Å². The van der Waals surface area contributed by atoms with Crippen molar-refractivity contribution in [3.63, 3.8) is 0 Å². The number of carbonyl (C=O) groups is 1. The Morgan fingerprint density at radius 3 is 2.83 bits per heavy atom. The van der Waals surface area contributed by atoms with Crippen LogP contribution in [-0.4, -0.2) is 45.3 Å². The van der Waals surface area contributed by atoms with E-state index in [2.05, 4.69) is 5.32 Å². The normalized spacial score (nSPS) is 9.83. The van der Waals surface area contributed by atoms with Gasteiger partial charge >= 0.3 is 0 Å². The average molecular weight is 196 g/mol. The molecule has 0 aliphatic heterocycles. The average Bonchev–Trinajstić information content (AvgIpc) is 2.09. The Morgan fingerprint density at radius 1 is 1.50 bits per heavy atom. The summed E-state index contributed by atoms with van der Waals surface area (Å²) < 4.78 is 9.68. The lowest BCUT2D eigenvalue weighted by atomic mass is 10.6. The number of amides is 1. The van der Waals surface area contributed by atoms with Crippen molar-refractivity contribution >= 4 is 17.5 Å². The number of hydrogen-bond acceptors (Lipinski definition) is 3. The van der Waals surface area contributed by atoms with Gasteiger partial charge in [-0.1, -0.05) is 0 Å². The van der Waals surface area contributed by atoms with Crippen molar-refractivity contribution in [2.45, 2.75) is 0 Å². The first kappa shape index (κ1) is 11.7. The van der Waals surface area contributed by atoms with Gasteiger partial charge in [0.05, 0.1) is 13.2 Å². The van der Waals surface area contributed by atoms with Crippen LogP contribution in [0.2, 0.25) is 0 Å². The van der Waals surface area contributed by atoms with E-state index in [1.165, 1.54) is 0 Å². The van der Waals surface area contributed by atoms with Gasteiger partial charge in [-0.2, -0.15) is 0 Å². The smallest absolute Gasteiger partial charge is 0.246 e. The Bertz CT molecular complexity index is 121. The van der Waals surface area contributed by atoms with Crippen molar-refractivity contribution in [1.82, 2.24) is 5.32 Å². The zero-order valence-corrected chi connectivity index (χ0v) is 7.89. The van der Waals surface area contributed by atoms with E-state index in [4.69, 9.17) is 21.1 Å². The van der Waals surface area contributed by atoms with Crippen molar-refractivity contribution in [1.29, 1.82) is 0 Å². The van der Waals surface area contributed by atoms with Crippen LogP contribution in [0.25, 0.3) is 0 Å². The molecule has 0 saturated heterocycles. The molecule has 0 saturated carbocycles. The van der Waals surface area contributed by atoms with Gasteiger partial charge in [0, 0.05) is 19.5 Å². The van der Waals surface area contributed by atoms with E-state index >= 15 is 0 Å². The Hall–Kier alpha value is -0.320. The molecule has 12 heavy (non-hydrogen) atoms. The number of hydrogen-bond donors (Lipinski definition) is 1. The summed E-state index contributed by atoms with van der Waals surface area (Å²) in [6.45, 7) is 1.49. The molecule has 0 aromatic rings. The molecule has 0 radical (unpaired) electrons. The van der Waals surface area contributed by atoms with Crippen LogP contribution >= 0.6 is 11.6 Å². The molecule has 1 amide bonds. The van der Waals surface area contributed by atoms with Crippen LogP contribution in [0.15, 0.2) is 0 Å². The van der Waals surface area contributed by atoms with E-state index in [1.54, 1.807) is 7.11 Å². The van der Waals surface area contributed by atoms with Gasteiger partial charge in [0.15, 0.2) is 0 Å². The second kappa shape index (κ2) is 8.77. The Morgan fingerprint density at radius 2 is 2.25 bits per heavy atom. The van der Waals surface area contributed by atoms with Crippen LogP contribution in [0, 0.1) is 0 Å². The molecule has 0 aliphatic rings. The number of halogens is 1. The summed E-state index contributed by atoms with van der Waals surface area (Å²) in [5.74, 6) is 0.274. The molecule has 0 aromatic heterocycles. The third-order valence-electron chi connectivity index (χ3n) is 1.08. The molecule has 0 spiro atoms. The van der Waals surface area contributed by atoms with Gasteiger partial charge in [-0.3, -0.25) is 4.79 Å². The first-order chi connectivity index (χ1) is 5.81. The van der Waals surface area contributed by atoms with Gasteiger partial charge < -0.3 is 14.8 Å². The van der Waals surface area contributed by atoms with Crippen molar-refractivity contribution in [3.05, 3.63) is 0 Å². The van der Waals surface area contributed by atoms with Crippen LogP contribution in [0.1, 0.15) is 0 Å². The van der Waals surface area contributed by atoms with Crippen molar-refractivity contribution in [2.24, 2.45) is 0 Å². The number of methoxy groups -OCH3 is 1. The second-order valence-electron chi connectivity index (χ2n) is 2.08. The molecule has 72 valence electrons. The second-order valence-corrected chi connectivity index (χ2v) is 2.46. The highest BCUT2D eigenvalue weighted by molar-refractivity contribution is 6.18. The van der Waals surface area contributed by atoms with Gasteiger partial charge in [-0.15, -0.1) is 11.6 Å². The zero-order valence-electron chi connectivity index (χ0n) is 7.14. The Balaban J connectivity index is 3.08. The fourth-order valence-corrected chi connectivity index (χ4v) is 0.639. The third-order valence-corrected chi connectivity index (χ3v) is 1.27. The predicted octanol–water partition coefficient (Wildman–Crippen LogP) is 0.00440. The highest BCUT2D eigenvalue weighted by Crippen LogP contribution is 1.77. The van der Waals surface area contributed by atoms with Gasteiger partial charge in [0.2, 0.25) is 5.91 Å². The summed E-state index contributed by atoms with van der Waals surface area (Å²) in [6.07, 6.45) is 0. The molecular formula is C7H14ClNO3. The lowest BCUT2D eigenvalue weighted by molar-refractivity contribution is -0.125. The maximum absolute atomic E-state index is 10.8. The number of carbonyl (C=O) groups excluding carboxylic acids is 1. The van der Waals surface area contributed by atoms with Crippen molar-refractivity contribution in [2.75, 3.05) is 39.4 Å². The summed E-state index contributed by atoms with van der Waals surface area (Å²) in [5, 5.41) is 2.57. The van der Waals surface area contributed by atoms with Crippen molar-refractivity contribution < 1.29 is 14.3 Å². The SMILES string of the molecule is COCCOCC(=O)NCCCl. The lowest BCUT2D eigenvalue weighted by Crippen LogP contribution is -2.29. The standard InChI is InChI=1S/C7H14ClNO3/c1-11-4-5-12-6-7(10)9-3-2-8/h2-6H2,1H3,(H,9,10). The topological polar surface area (TPSA) is 47.6 Å². The zero-order chi connectivity index (χ0) is 9.23. The van der Waals surface area contributed by atoms with Crippen LogP contribution in [0.4, 0.5) is 0 Å². The molecule has 0 unspecified atom stereocenters. The third kappa shape index (κ3) is 7.78. The van der Waals surface area contributed by atoms with E-state index in [0.29, 0.717) is 25.6 Å². The summed E-state index contributed by atoms with van der Waals surface area (Å²) >= 11 is 5.35. The summed E-state index contributed by atoms with van der Waals surface area (Å²) in [7, 11) is 1.58. The minimum absolute atomic E-state index is 0.0697. The molecule has 5 heteroatoms. The predicted molar refractivity (Wildman–Crippen MR) is 46.4 cm³/mol. The van der Waals surface area contributed by atoms with Gasteiger partial charge in [0.1, 0.15) is 6.61 Å². The minimum Gasteiger partial charge on any atom is -0.382 e. The van der Waals surface area contributed by atoms with E-state index in [-0.39, 0.29) is 12.5 Å². The molecular weight excluding hydrogens is 182 g/mol. The number of nitrogens with one attached hydrogen (secondary N) is 1. The van der Waals surface area contributed by atoms with Gasteiger partial charge in [-0.05, 0) is 0 Å². The lowest BCUT2D eigenvalue weighted by Gasteiger charge is -2.03. The molecule has 1 N–H and O–H groups in total. The maximum Gasteiger partial charge on any atom is 0.246 e. The van der Waals surface area contributed by atoms with E-state index in [1.807, 2.05) is 0 Å². The fraction of sp³-hybridized carbons (Fsp3) is 0.857. The van der Waals surface area contributed by atoms with E-state index in [9.17, 15) is 4.79 Å². The maximum atomic E-state index is 10.8. The first-order valence-corrected chi connectivity index (χ1v) is 4.24. The number of alkyl halides is 1. The van der Waals surface area contributed by atoms with Crippen LogP contribution in [0.5, 0.6) is 0 Å². The Labute approximate surface area is 77.2 Å². The fourth-order valence-electron chi connectivity index (χ4n) is 0.545. The molecule has 0 bridgehead atoms. The largest absolute Gasteiger partial charge is 0.382 e. The van der Waals surface area contributed by atoms with Crippen LogP contribution < -0.4 is 5.32 Å². The molecule has 0 aromatic carbocycles. The highest BCUT2D eigenvalue weighted by Gasteiger charge is 1.98. The monoisotopic (exact) mass is 195 g/mol. The summed E-state index contributed by atoms with van der Waals surface area (Å²) in [4.78, 5) is 10.8. The Kier molecular flexibility index (Phi) is 8.54. The van der Waals surface area contributed by atoms with Crippen LogP contribution in [0.3, 0.4) is 0 Å². The molecule has 0 aliphatic carbocycles. The molecule has 0 rings (SSSR count). The summed E-state index contributed by atoms with van der Waals surface area (Å²) in [6, 6.07) is 0. The minimum atomic E-state index is -0.147. The summed E-state index contributed by atoms with van der Waals surface area (Å²) in [5.41, 5.74) is 0. The molecule has 0 atom stereocenters. The number of rotatable bonds is 7.